The van der Waals surface area contributed by atoms with Crippen LogP contribution in [0.2, 0.25) is 0 Å². The van der Waals surface area contributed by atoms with Crippen LogP contribution in [-0.2, 0) is 26.4 Å². The number of nitrogens with one attached hydrogen (secondary N) is 1. The fourth-order valence-electron chi connectivity index (χ4n) is 2.05. The van der Waals surface area contributed by atoms with Crippen molar-refractivity contribution in [1.82, 2.24) is 5.32 Å². The van der Waals surface area contributed by atoms with Gasteiger partial charge in [-0.15, -0.1) is 23.7 Å². The van der Waals surface area contributed by atoms with E-state index in [1.54, 1.807) is 12.1 Å². The molecule has 0 radical (unpaired) electrons. The van der Waals surface area contributed by atoms with Crippen molar-refractivity contribution in [1.29, 1.82) is 0 Å². The van der Waals surface area contributed by atoms with Crippen molar-refractivity contribution in [2.75, 3.05) is 6.54 Å². The molecule has 3 N–H and O–H groups in total. The number of thiophene rings is 1. The van der Waals surface area contributed by atoms with Crippen LogP contribution in [0.4, 0.5) is 0 Å². The summed E-state index contributed by atoms with van der Waals surface area (Å²) < 4.78 is 47.8. The van der Waals surface area contributed by atoms with E-state index in [0.29, 0.717) is 12.5 Å². The van der Waals surface area contributed by atoms with E-state index in [4.69, 9.17) is 5.14 Å². The predicted octanol–water partition coefficient (Wildman–Crippen LogP) is 2.40. The van der Waals surface area contributed by atoms with E-state index in [2.05, 4.69) is 19.2 Å². The van der Waals surface area contributed by atoms with Gasteiger partial charge in [0.1, 0.15) is 4.21 Å². The van der Waals surface area contributed by atoms with Crippen LogP contribution < -0.4 is 10.5 Å². The largest absolute Gasteiger partial charge is 0.312 e. The maximum atomic E-state index is 12.7. The number of hydrogen-bond donors (Lipinski definition) is 2. The van der Waals surface area contributed by atoms with Crippen molar-refractivity contribution in [3.63, 3.8) is 0 Å². The smallest absolute Gasteiger partial charge is 0.247 e. The maximum absolute atomic E-state index is 12.7. The predicted molar refractivity (Wildman–Crippen MR) is 101 cm³/mol. The molecule has 25 heavy (non-hydrogen) atoms. The van der Waals surface area contributed by atoms with Gasteiger partial charge in [0, 0.05) is 11.9 Å². The van der Waals surface area contributed by atoms with E-state index in [1.165, 1.54) is 11.4 Å². The first-order valence-corrected chi connectivity index (χ1v) is 11.2. The minimum atomic E-state index is -3.91. The summed E-state index contributed by atoms with van der Waals surface area (Å²) in [6, 6.07) is 7.70. The first kappa shape index (κ1) is 22.1. The molecule has 1 aromatic heterocycles. The molecule has 2 rings (SSSR count). The third kappa shape index (κ3) is 5.77. The summed E-state index contributed by atoms with van der Waals surface area (Å²) in [6.07, 6.45) is 0. The highest BCUT2D eigenvalue weighted by molar-refractivity contribution is 7.92. The zero-order chi connectivity index (χ0) is 18.0. The van der Waals surface area contributed by atoms with E-state index in [0.717, 1.165) is 29.5 Å². The number of rotatable bonds is 7. The molecule has 0 atom stereocenters. The maximum Gasteiger partial charge on any atom is 0.247 e. The molecule has 0 spiro atoms. The summed E-state index contributed by atoms with van der Waals surface area (Å²) in [5.74, 6) is 0.499. The van der Waals surface area contributed by atoms with Crippen LogP contribution in [0.3, 0.4) is 0 Å². The van der Waals surface area contributed by atoms with Crippen molar-refractivity contribution in [3.8, 4) is 0 Å². The van der Waals surface area contributed by atoms with Crippen molar-refractivity contribution in [2.45, 2.75) is 34.4 Å². The van der Waals surface area contributed by atoms with E-state index < -0.39 is 19.9 Å². The molecule has 0 saturated carbocycles. The normalized spacial score (nSPS) is 12.2. The summed E-state index contributed by atoms with van der Waals surface area (Å²) >= 11 is 0.795. The lowest BCUT2D eigenvalue weighted by Gasteiger charge is -2.09. The molecule has 10 heteroatoms. The molecule has 0 bridgehead atoms. The number of nitrogens with two attached hydrogens (primary N) is 1. The van der Waals surface area contributed by atoms with Gasteiger partial charge in [0.25, 0.3) is 0 Å². The first-order valence-electron chi connectivity index (χ1n) is 7.27. The minimum Gasteiger partial charge on any atom is -0.312 e. The highest BCUT2D eigenvalue weighted by Crippen LogP contribution is 2.28. The zero-order valence-electron chi connectivity index (χ0n) is 13.8. The Balaban J connectivity index is 0.00000312. The Morgan fingerprint density at radius 2 is 1.80 bits per heavy atom. The van der Waals surface area contributed by atoms with Gasteiger partial charge in [0.05, 0.1) is 9.79 Å². The van der Waals surface area contributed by atoms with Crippen molar-refractivity contribution in [3.05, 3.63) is 41.3 Å². The van der Waals surface area contributed by atoms with Gasteiger partial charge in [-0.2, -0.15) is 0 Å². The molecule has 1 heterocycles. The standard InChI is InChI=1S/C15H20N2O4S3.ClH/c1-11(2)8-17-9-12-4-3-5-13(6-12)23(18,19)14-7-15(22-10-14)24(16,20)21;/h3-7,10-11,17H,8-9H2,1-2H3,(H2,16,20,21);1H. The summed E-state index contributed by atoms with van der Waals surface area (Å²) in [5, 5.41) is 9.58. The molecule has 0 aliphatic carbocycles. The van der Waals surface area contributed by atoms with E-state index in [-0.39, 0.29) is 26.4 Å². The average molecular weight is 425 g/mol. The fourth-order valence-corrected chi connectivity index (χ4v) is 5.43. The number of sulfonamides is 1. The SMILES string of the molecule is CC(C)CNCc1cccc(S(=O)(=O)c2csc(S(N)(=O)=O)c2)c1.Cl. The molecule has 0 amide bonds. The Morgan fingerprint density at radius 1 is 1.12 bits per heavy atom. The second-order valence-corrected chi connectivity index (χ2v) is 10.5. The van der Waals surface area contributed by atoms with Crippen molar-refractivity contribution >= 4 is 43.6 Å². The van der Waals surface area contributed by atoms with Crippen LogP contribution >= 0.6 is 23.7 Å². The van der Waals surface area contributed by atoms with Crippen LogP contribution in [-0.4, -0.2) is 23.4 Å². The van der Waals surface area contributed by atoms with Gasteiger partial charge in [-0.1, -0.05) is 26.0 Å². The van der Waals surface area contributed by atoms with E-state index in [1.807, 2.05) is 6.07 Å². The summed E-state index contributed by atoms with van der Waals surface area (Å²) in [5.41, 5.74) is 0.846. The number of halogens is 1. The highest BCUT2D eigenvalue weighted by atomic mass is 35.5. The van der Waals surface area contributed by atoms with Crippen molar-refractivity contribution < 1.29 is 16.8 Å². The van der Waals surface area contributed by atoms with Gasteiger partial charge >= 0.3 is 0 Å². The monoisotopic (exact) mass is 424 g/mol. The lowest BCUT2D eigenvalue weighted by atomic mass is 10.2. The molecular formula is C15H21ClN2O4S3. The number of benzene rings is 1. The zero-order valence-corrected chi connectivity index (χ0v) is 17.1. The fraction of sp³-hybridized carbons (Fsp3) is 0.333. The molecule has 0 aliphatic rings. The van der Waals surface area contributed by atoms with E-state index >= 15 is 0 Å². The van der Waals surface area contributed by atoms with Gasteiger partial charge in [-0.05, 0) is 36.2 Å². The topological polar surface area (TPSA) is 106 Å². The molecule has 0 fully saturated rings. The van der Waals surface area contributed by atoms with Crippen LogP contribution in [0, 0.1) is 5.92 Å². The van der Waals surface area contributed by atoms with Crippen LogP contribution in [0.1, 0.15) is 19.4 Å². The Morgan fingerprint density at radius 3 is 2.36 bits per heavy atom. The average Bonchev–Trinajstić information content (AvgIpc) is 2.98. The second-order valence-electron chi connectivity index (χ2n) is 5.82. The third-order valence-corrected chi connectivity index (χ3v) is 7.50. The second kappa shape index (κ2) is 8.61. The Labute approximate surface area is 158 Å². The number of hydrogen-bond acceptors (Lipinski definition) is 6. The van der Waals surface area contributed by atoms with Gasteiger partial charge in [0.15, 0.2) is 0 Å². The molecule has 0 aliphatic heterocycles. The summed E-state index contributed by atoms with van der Waals surface area (Å²) in [4.78, 5) is 0.0638. The number of primary sulfonamides is 1. The molecule has 140 valence electrons. The van der Waals surface area contributed by atoms with E-state index in [9.17, 15) is 16.8 Å². The Hall–Kier alpha value is -0.970. The summed E-state index contributed by atoms with van der Waals surface area (Å²) in [6.45, 7) is 5.58. The number of sulfone groups is 1. The highest BCUT2D eigenvalue weighted by Gasteiger charge is 2.22. The molecule has 6 nitrogen and oxygen atoms in total. The van der Waals surface area contributed by atoms with Gasteiger partial charge < -0.3 is 5.32 Å². The van der Waals surface area contributed by atoms with Crippen molar-refractivity contribution in [2.24, 2.45) is 11.1 Å². The Bertz CT molecular complexity index is 922. The van der Waals surface area contributed by atoms with Crippen LogP contribution in [0.5, 0.6) is 0 Å². The van der Waals surface area contributed by atoms with Gasteiger partial charge in [-0.3, -0.25) is 0 Å². The van der Waals surface area contributed by atoms with Crippen LogP contribution in [0.25, 0.3) is 0 Å². The minimum absolute atomic E-state index is 0. The van der Waals surface area contributed by atoms with Gasteiger partial charge in [0.2, 0.25) is 19.9 Å². The van der Waals surface area contributed by atoms with Crippen LogP contribution in [0.15, 0.2) is 49.7 Å². The quantitative estimate of drug-likeness (QED) is 0.709. The molecule has 2 aromatic rings. The third-order valence-electron chi connectivity index (χ3n) is 3.23. The lowest BCUT2D eigenvalue weighted by molar-refractivity contribution is 0.552. The molecule has 0 unspecified atom stereocenters. The molecular weight excluding hydrogens is 404 g/mol. The summed E-state index contributed by atoms with van der Waals surface area (Å²) in [7, 11) is -7.69. The van der Waals surface area contributed by atoms with Gasteiger partial charge in [-0.25, -0.2) is 22.0 Å². The first-order chi connectivity index (χ1) is 11.1. The lowest BCUT2D eigenvalue weighted by Crippen LogP contribution is -2.19. The Kier molecular flexibility index (Phi) is 7.60. The molecule has 0 saturated heterocycles. The molecule has 1 aromatic carbocycles.